The molecule has 0 amide bonds. The number of benzene rings is 12. The monoisotopic (exact) mass is 941 g/mol. The second-order valence-electron chi connectivity index (χ2n) is 19.2. The Morgan fingerprint density at radius 1 is 0.203 bits per heavy atom. The van der Waals surface area contributed by atoms with E-state index < -0.39 is 5.41 Å². The van der Waals surface area contributed by atoms with Crippen LogP contribution in [0.1, 0.15) is 22.3 Å². The van der Waals surface area contributed by atoms with Crippen molar-refractivity contribution in [2.24, 2.45) is 0 Å². The zero-order chi connectivity index (χ0) is 49.3. The van der Waals surface area contributed by atoms with Crippen molar-refractivity contribution >= 4 is 17.1 Å². The molecule has 0 heterocycles. The fourth-order valence-electron chi connectivity index (χ4n) is 11.5. The molecule has 0 bridgehead atoms. The smallest absolute Gasteiger partial charge is 0.0714 e. The van der Waals surface area contributed by atoms with Crippen molar-refractivity contribution in [3.8, 4) is 77.9 Å². The molecule has 1 aliphatic rings. The molecule has 13 rings (SSSR count). The number of fused-ring (bicyclic) bond motifs is 3. The number of hydrogen-bond acceptors (Lipinski definition) is 1. The second-order valence-corrected chi connectivity index (χ2v) is 19.2. The van der Waals surface area contributed by atoms with Crippen molar-refractivity contribution in [2.75, 3.05) is 4.90 Å². The zero-order valence-electron chi connectivity index (χ0n) is 40.9. The molecule has 0 saturated carbocycles. The second kappa shape index (κ2) is 19.2. The summed E-state index contributed by atoms with van der Waals surface area (Å²) in [5, 5.41) is 0. The third-order valence-corrected chi connectivity index (χ3v) is 15.0. The minimum absolute atomic E-state index is 0.592. The van der Waals surface area contributed by atoms with Crippen LogP contribution in [0.3, 0.4) is 0 Å². The van der Waals surface area contributed by atoms with Gasteiger partial charge in [-0.3, -0.25) is 0 Å². The highest BCUT2D eigenvalue weighted by molar-refractivity contribution is 5.97. The molecule has 1 aliphatic carbocycles. The van der Waals surface area contributed by atoms with Gasteiger partial charge in [0, 0.05) is 16.9 Å². The fourth-order valence-corrected chi connectivity index (χ4v) is 11.5. The van der Waals surface area contributed by atoms with Crippen LogP contribution in [0.2, 0.25) is 0 Å². The van der Waals surface area contributed by atoms with E-state index in [1.807, 2.05) is 0 Å². The summed E-state index contributed by atoms with van der Waals surface area (Å²) in [5.74, 6) is 0. The lowest BCUT2D eigenvalue weighted by atomic mass is 9.67. The molecule has 1 nitrogen and oxygen atoms in total. The van der Waals surface area contributed by atoms with Gasteiger partial charge in [-0.2, -0.15) is 0 Å². The molecule has 0 spiro atoms. The number of anilines is 3. The van der Waals surface area contributed by atoms with E-state index in [1.165, 1.54) is 83.5 Å². The van der Waals surface area contributed by atoms with Crippen LogP contribution in [0.5, 0.6) is 0 Å². The van der Waals surface area contributed by atoms with Gasteiger partial charge in [0.2, 0.25) is 0 Å². The van der Waals surface area contributed by atoms with E-state index >= 15 is 0 Å². The van der Waals surface area contributed by atoms with Crippen molar-refractivity contribution in [1.82, 2.24) is 0 Å². The van der Waals surface area contributed by atoms with Gasteiger partial charge in [0.1, 0.15) is 0 Å². The van der Waals surface area contributed by atoms with Crippen LogP contribution in [0, 0.1) is 0 Å². The van der Waals surface area contributed by atoms with E-state index in [9.17, 15) is 0 Å². The lowest BCUT2D eigenvalue weighted by Crippen LogP contribution is -2.28. The molecule has 12 aromatic carbocycles. The first-order chi connectivity index (χ1) is 36.7. The van der Waals surface area contributed by atoms with E-state index in [0.29, 0.717) is 0 Å². The summed E-state index contributed by atoms with van der Waals surface area (Å²) in [6.07, 6.45) is 0. The molecule has 74 heavy (non-hydrogen) atoms. The van der Waals surface area contributed by atoms with Crippen LogP contribution in [0.25, 0.3) is 77.9 Å². The van der Waals surface area contributed by atoms with Gasteiger partial charge in [0.15, 0.2) is 0 Å². The van der Waals surface area contributed by atoms with Crippen molar-refractivity contribution in [1.29, 1.82) is 0 Å². The van der Waals surface area contributed by atoms with E-state index in [-0.39, 0.29) is 0 Å². The van der Waals surface area contributed by atoms with E-state index in [2.05, 4.69) is 314 Å². The molecule has 12 aromatic rings. The minimum Gasteiger partial charge on any atom is -0.310 e. The first-order valence-corrected chi connectivity index (χ1v) is 25.6. The number of nitrogens with zero attached hydrogens (tertiary/aromatic N) is 1. The molecule has 1 heteroatoms. The Balaban J connectivity index is 1.04. The average Bonchev–Trinajstić information content (AvgIpc) is 3.79. The first kappa shape index (κ1) is 44.4. The third-order valence-electron chi connectivity index (χ3n) is 15.0. The van der Waals surface area contributed by atoms with Crippen LogP contribution in [-0.2, 0) is 5.41 Å². The highest BCUT2D eigenvalue weighted by Gasteiger charge is 2.47. The van der Waals surface area contributed by atoms with Gasteiger partial charge in [-0.15, -0.1) is 0 Å². The highest BCUT2D eigenvalue weighted by atomic mass is 15.1. The van der Waals surface area contributed by atoms with Crippen LogP contribution in [-0.4, -0.2) is 0 Å². The average molecular weight is 942 g/mol. The van der Waals surface area contributed by atoms with E-state index in [1.54, 1.807) is 0 Å². The van der Waals surface area contributed by atoms with Gasteiger partial charge in [-0.05, 0) is 131 Å². The Hall–Kier alpha value is -9.56. The summed E-state index contributed by atoms with van der Waals surface area (Å²) in [4.78, 5) is 2.48. The molecule has 0 unspecified atom stereocenters. The summed E-state index contributed by atoms with van der Waals surface area (Å²) >= 11 is 0. The van der Waals surface area contributed by atoms with Gasteiger partial charge in [0.05, 0.1) is 11.1 Å². The Morgan fingerprint density at radius 3 is 0.959 bits per heavy atom. The maximum atomic E-state index is 2.52. The molecule has 0 N–H and O–H groups in total. The standard InChI is InChI=1S/C73H51N/c1-6-20-52(21-7-1)54-34-36-55(37-35-54)57-44-48-64(49-45-57)74(63-46-42-56(43-47-63)53-22-8-2-9-23-53)72-51-71-69(67-32-18-19-33-70(67)73(71,61-26-12-4-13-27-61)62-28-14-5-15-29-62)50-68(72)60-40-38-59(39-41-60)66-31-17-16-30-65(66)58-24-10-3-11-25-58/h1-51H. The predicted molar refractivity (Wildman–Crippen MR) is 311 cm³/mol. The van der Waals surface area contributed by atoms with Crippen molar-refractivity contribution in [2.45, 2.75) is 5.41 Å². The van der Waals surface area contributed by atoms with Gasteiger partial charge in [-0.25, -0.2) is 0 Å². The molecular weight excluding hydrogens is 891 g/mol. The molecule has 0 radical (unpaired) electrons. The number of hydrogen-bond donors (Lipinski definition) is 0. The summed E-state index contributed by atoms with van der Waals surface area (Å²) in [6.45, 7) is 0. The zero-order valence-corrected chi connectivity index (χ0v) is 40.9. The SMILES string of the molecule is c1ccc(-c2ccc(-c3ccc(N(c4ccc(-c5ccccc5)cc4)c4cc5c(cc4-c4ccc(-c6ccccc6-c6ccccc6)cc4)-c4ccccc4C5(c4ccccc4)c4ccccc4)cc3)cc2)cc1. The molecular formula is C73H51N. The molecule has 0 saturated heterocycles. The van der Waals surface area contributed by atoms with E-state index in [0.717, 1.165) is 33.8 Å². The molecule has 0 aliphatic heterocycles. The molecule has 0 atom stereocenters. The maximum absolute atomic E-state index is 2.52. The van der Waals surface area contributed by atoms with Gasteiger partial charge < -0.3 is 4.90 Å². The Labute approximate surface area is 434 Å². The third kappa shape index (κ3) is 7.93. The summed E-state index contributed by atoms with van der Waals surface area (Å²) in [7, 11) is 0. The van der Waals surface area contributed by atoms with Crippen molar-refractivity contribution in [3.63, 3.8) is 0 Å². The van der Waals surface area contributed by atoms with E-state index in [4.69, 9.17) is 0 Å². The maximum Gasteiger partial charge on any atom is 0.0714 e. The van der Waals surface area contributed by atoms with Crippen LogP contribution >= 0.6 is 0 Å². The summed E-state index contributed by atoms with van der Waals surface area (Å²) in [6, 6.07) is 113. The Bertz CT molecular complexity index is 3830. The molecule has 0 fully saturated rings. The largest absolute Gasteiger partial charge is 0.310 e. The van der Waals surface area contributed by atoms with Crippen LogP contribution in [0.15, 0.2) is 309 Å². The molecule has 348 valence electrons. The fraction of sp³-hybridized carbons (Fsp3) is 0.0137. The predicted octanol–water partition coefficient (Wildman–Crippen LogP) is 19.5. The lowest BCUT2D eigenvalue weighted by molar-refractivity contribution is 0.768. The lowest BCUT2D eigenvalue weighted by Gasteiger charge is -2.35. The quantitative estimate of drug-likeness (QED) is 0.125. The summed E-state index contributed by atoms with van der Waals surface area (Å²) in [5.41, 5.74) is 24.3. The van der Waals surface area contributed by atoms with Crippen LogP contribution < -0.4 is 4.90 Å². The van der Waals surface area contributed by atoms with Crippen LogP contribution in [0.4, 0.5) is 17.1 Å². The highest BCUT2D eigenvalue weighted by Crippen LogP contribution is 2.59. The topological polar surface area (TPSA) is 3.24 Å². The normalized spacial score (nSPS) is 12.2. The van der Waals surface area contributed by atoms with Crippen molar-refractivity contribution in [3.05, 3.63) is 332 Å². The van der Waals surface area contributed by atoms with Gasteiger partial charge in [-0.1, -0.05) is 273 Å². The molecule has 0 aromatic heterocycles. The van der Waals surface area contributed by atoms with Gasteiger partial charge >= 0.3 is 0 Å². The Morgan fingerprint density at radius 2 is 0.514 bits per heavy atom. The minimum atomic E-state index is -0.592. The summed E-state index contributed by atoms with van der Waals surface area (Å²) < 4.78 is 0. The van der Waals surface area contributed by atoms with Crippen molar-refractivity contribution < 1.29 is 0 Å². The Kier molecular flexibility index (Phi) is 11.5. The number of rotatable bonds is 11. The van der Waals surface area contributed by atoms with Gasteiger partial charge in [0.25, 0.3) is 0 Å². The first-order valence-electron chi connectivity index (χ1n) is 25.6.